The van der Waals surface area contributed by atoms with E-state index in [9.17, 15) is 9.00 Å². The maximum Gasteiger partial charge on any atom is 0.342 e. The van der Waals surface area contributed by atoms with Gasteiger partial charge in [0.15, 0.2) is 0 Å². The SMILES string of the molecule is CCC(=C=S=O)C(=O)OC. The van der Waals surface area contributed by atoms with Gasteiger partial charge in [0.25, 0.3) is 0 Å². The van der Waals surface area contributed by atoms with Crippen LogP contribution in [0.25, 0.3) is 0 Å². The molecular weight excluding hydrogens is 152 g/mol. The van der Waals surface area contributed by atoms with Crippen molar-refractivity contribution < 1.29 is 13.7 Å². The topological polar surface area (TPSA) is 43.4 Å². The molecule has 0 rings (SSSR count). The van der Waals surface area contributed by atoms with E-state index in [1.54, 1.807) is 6.92 Å². The third-order valence-corrected chi connectivity index (χ3v) is 1.28. The fourth-order valence-corrected chi connectivity index (χ4v) is 0.760. The summed E-state index contributed by atoms with van der Waals surface area (Å²) in [5.41, 5.74) is 0.294. The summed E-state index contributed by atoms with van der Waals surface area (Å²) >= 11 is 0.140. The van der Waals surface area contributed by atoms with E-state index in [1.807, 2.05) is 0 Å². The Labute approximate surface area is 62.8 Å². The molecule has 0 spiro atoms. The molecule has 0 aliphatic carbocycles. The first-order valence-electron chi connectivity index (χ1n) is 2.75. The third kappa shape index (κ3) is 2.62. The largest absolute Gasteiger partial charge is 0.465 e. The molecular formula is C6H8O3S. The molecule has 0 aromatic rings. The number of ether oxygens (including phenoxy) is 1. The van der Waals surface area contributed by atoms with Crippen LogP contribution < -0.4 is 0 Å². The zero-order valence-corrected chi connectivity index (χ0v) is 6.66. The van der Waals surface area contributed by atoms with Crippen LogP contribution in [0.2, 0.25) is 0 Å². The minimum Gasteiger partial charge on any atom is -0.465 e. The van der Waals surface area contributed by atoms with Gasteiger partial charge < -0.3 is 4.74 Å². The lowest BCUT2D eigenvalue weighted by atomic mass is 10.2. The smallest absolute Gasteiger partial charge is 0.342 e. The molecule has 0 bridgehead atoms. The van der Waals surface area contributed by atoms with Crippen LogP contribution in [-0.4, -0.2) is 22.3 Å². The van der Waals surface area contributed by atoms with Crippen LogP contribution in [-0.2, 0) is 20.8 Å². The third-order valence-electron chi connectivity index (χ3n) is 0.950. The summed E-state index contributed by atoms with van der Waals surface area (Å²) in [5.74, 6) is -0.481. The van der Waals surface area contributed by atoms with Gasteiger partial charge in [-0.2, -0.15) is 0 Å². The average molecular weight is 160 g/mol. The highest BCUT2D eigenvalue weighted by atomic mass is 32.1. The van der Waals surface area contributed by atoms with Gasteiger partial charge in [0.2, 0.25) is 0 Å². The van der Waals surface area contributed by atoms with Crippen molar-refractivity contribution >= 4 is 22.2 Å². The highest BCUT2D eigenvalue weighted by molar-refractivity contribution is 7.64. The first kappa shape index (κ1) is 9.14. The van der Waals surface area contributed by atoms with Crippen molar-refractivity contribution in [3.8, 4) is 0 Å². The molecule has 0 radical (unpaired) electrons. The summed E-state index contributed by atoms with van der Waals surface area (Å²) in [6.07, 6.45) is 0.474. The van der Waals surface area contributed by atoms with E-state index in [1.165, 1.54) is 7.11 Å². The van der Waals surface area contributed by atoms with Crippen LogP contribution in [0.3, 0.4) is 0 Å². The van der Waals surface area contributed by atoms with Crippen LogP contribution in [0.15, 0.2) is 5.57 Å². The van der Waals surface area contributed by atoms with Gasteiger partial charge in [0.1, 0.15) is 11.3 Å². The lowest BCUT2D eigenvalue weighted by Crippen LogP contribution is -2.03. The van der Waals surface area contributed by atoms with Gasteiger partial charge in [-0.25, -0.2) is 9.00 Å². The second kappa shape index (κ2) is 4.97. The van der Waals surface area contributed by atoms with Crippen molar-refractivity contribution in [2.75, 3.05) is 7.11 Å². The molecule has 0 fully saturated rings. The Balaban J connectivity index is 4.53. The van der Waals surface area contributed by atoms with Crippen molar-refractivity contribution in [3.63, 3.8) is 0 Å². The van der Waals surface area contributed by atoms with Gasteiger partial charge in [-0.1, -0.05) is 6.92 Å². The monoisotopic (exact) mass is 160 g/mol. The first-order valence-corrected chi connectivity index (χ1v) is 3.49. The Morgan fingerprint density at radius 1 is 1.70 bits per heavy atom. The van der Waals surface area contributed by atoms with E-state index < -0.39 is 5.97 Å². The second-order valence-electron chi connectivity index (χ2n) is 1.51. The molecule has 10 heavy (non-hydrogen) atoms. The van der Waals surface area contributed by atoms with E-state index in [4.69, 9.17) is 0 Å². The van der Waals surface area contributed by atoms with Crippen LogP contribution >= 0.6 is 0 Å². The summed E-state index contributed by atoms with van der Waals surface area (Å²) in [6.45, 7) is 1.76. The van der Waals surface area contributed by atoms with Gasteiger partial charge >= 0.3 is 5.97 Å². The van der Waals surface area contributed by atoms with Crippen LogP contribution in [0, 0.1) is 0 Å². The zero-order chi connectivity index (χ0) is 7.98. The van der Waals surface area contributed by atoms with E-state index in [0.717, 1.165) is 0 Å². The second-order valence-corrected chi connectivity index (χ2v) is 1.88. The zero-order valence-electron chi connectivity index (χ0n) is 5.84. The van der Waals surface area contributed by atoms with Crippen molar-refractivity contribution in [2.24, 2.45) is 0 Å². The number of rotatable bonds is 2. The molecule has 0 aliphatic rings. The minimum absolute atomic E-state index is 0.140. The number of hydrogen-bond donors (Lipinski definition) is 0. The van der Waals surface area contributed by atoms with E-state index in [2.05, 4.69) is 9.76 Å². The Morgan fingerprint density at radius 2 is 2.30 bits per heavy atom. The molecule has 0 aromatic heterocycles. The average Bonchev–Trinajstić information content (AvgIpc) is 1.99. The molecule has 3 nitrogen and oxygen atoms in total. The quantitative estimate of drug-likeness (QED) is 0.327. The number of hydrogen-bond acceptors (Lipinski definition) is 3. The summed E-state index contributed by atoms with van der Waals surface area (Å²) in [5, 5.41) is 2.29. The minimum atomic E-state index is -0.481. The van der Waals surface area contributed by atoms with Gasteiger partial charge in [-0.05, 0) is 11.4 Å². The van der Waals surface area contributed by atoms with E-state index >= 15 is 0 Å². The fraction of sp³-hybridized carbons (Fsp3) is 0.500. The fourth-order valence-electron chi connectivity index (χ4n) is 0.432. The molecule has 0 saturated heterocycles. The Kier molecular flexibility index (Phi) is 4.54. The molecule has 0 aromatic carbocycles. The predicted molar refractivity (Wildman–Crippen MR) is 39.0 cm³/mol. The lowest BCUT2D eigenvalue weighted by Gasteiger charge is -1.94. The van der Waals surface area contributed by atoms with Crippen LogP contribution in [0.1, 0.15) is 13.3 Å². The van der Waals surface area contributed by atoms with Gasteiger partial charge in [0, 0.05) is 0 Å². The maximum atomic E-state index is 10.7. The standard InChI is InChI=1S/C6H8O3S/c1-3-5(4-10-8)6(7)9-2/h3H2,1-2H3. The van der Waals surface area contributed by atoms with E-state index in [0.29, 0.717) is 12.0 Å². The number of carbonyl (C=O) groups excluding carboxylic acids is 1. The van der Waals surface area contributed by atoms with Gasteiger partial charge in [-0.3, -0.25) is 0 Å². The normalized spacial score (nSPS) is 7.80. The first-order chi connectivity index (χ1) is 4.76. The van der Waals surface area contributed by atoms with Gasteiger partial charge in [-0.15, -0.1) is 0 Å². The number of methoxy groups -OCH3 is 1. The Bertz CT molecular complexity index is 209. The number of carbonyl (C=O) groups is 1. The number of esters is 1. The molecule has 0 saturated carbocycles. The van der Waals surface area contributed by atoms with Crippen molar-refractivity contribution in [1.82, 2.24) is 0 Å². The summed E-state index contributed by atoms with van der Waals surface area (Å²) in [4.78, 5) is 10.7. The summed E-state index contributed by atoms with van der Waals surface area (Å²) in [7, 11) is 1.27. The maximum absolute atomic E-state index is 10.7. The molecule has 0 aliphatic heterocycles. The Hall–Kier alpha value is -0.860. The molecule has 0 unspecified atom stereocenters. The molecule has 0 heterocycles. The molecule has 0 amide bonds. The van der Waals surface area contributed by atoms with Gasteiger partial charge in [0.05, 0.1) is 12.7 Å². The highest BCUT2D eigenvalue weighted by Crippen LogP contribution is 1.96. The highest BCUT2D eigenvalue weighted by Gasteiger charge is 2.04. The van der Waals surface area contributed by atoms with Crippen molar-refractivity contribution in [3.05, 3.63) is 5.57 Å². The predicted octanol–water partition coefficient (Wildman–Crippen LogP) is 0.110. The van der Waals surface area contributed by atoms with E-state index in [-0.39, 0.29) is 11.3 Å². The Morgan fingerprint density at radius 3 is 2.60 bits per heavy atom. The summed E-state index contributed by atoms with van der Waals surface area (Å²) < 4.78 is 14.3. The molecule has 56 valence electrons. The molecule has 0 atom stereocenters. The van der Waals surface area contributed by atoms with Crippen LogP contribution in [0.5, 0.6) is 0 Å². The lowest BCUT2D eigenvalue weighted by molar-refractivity contribution is -0.136. The summed E-state index contributed by atoms with van der Waals surface area (Å²) in [6, 6.07) is 0. The van der Waals surface area contributed by atoms with Crippen molar-refractivity contribution in [2.45, 2.75) is 13.3 Å². The molecule has 4 heteroatoms. The van der Waals surface area contributed by atoms with Crippen LogP contribution in [0.4, 0.5) is 0 Å². The van der Waals surface area contributed by atoms with Crippen molar-refractivity contribution in [1.29, 1.82) is 0 Å². The molecule has 0 N–H and O–H groups in total.